The van der Waals surface area contributed by atoms with Gasteiger partial charge in [-0.05, 0) is 48.6 Å². The molecular formula is C17H21NOS. The molecule has 20 heavy (non-hydrogen) atoms. The zero-order valence-corrected chi connectivity index (χ0v) is 12.9. The average molecular weight is 287 g/mol. The first kappa shape index (κ1) is 14.8. The van der Waals surface area contributed by atoms with Gasteiger partial charge >= 0.3 is 0 Å². The molecule has 0 aliphatic heterocycles. The largest absolute Gasteiger partial charge is 0.494 e. The SMILES string of the molecule is CCCOc1cccc(CNc2cccc(SC)c2)c1. The highest BCUT2D eigenvalue weighted by Gasteiger charge is 1.98. The molecule has 0 aliphatic carbocycles. The van der Waals surface area contributed by atoms with E-state index in [1.165, 1.54) is 10.5 Å². The summed E-state index contributed by atoms with van der Waals surface area (Å²) in [4.78, 5) is 1.27. The summed E-state index contributed by atoms with van der Waals surface area (Å²) in [6, 6.07) is 16.7. The van der Waals surface area contributed by atoms with Gasteiger partial charge in [0.25, 0.3) is 0 Å². The first-order valence-electron chi connectivity index (χ1n) is 6.91. The minimum absolute atomic E-state index is 0.770. The van der Waals surface area contributed by atoms with Crippen LogP contribution in [0.3, 0.4) is 0 Å². The summed E-state index contributed by atoms with van der Waals surface area (Å²) in [5.74, 6) is 0.948. The Balaban J connectivity index is 1.95. The van der Waals surface area contributed by atoms with Crippen LogP contribution in [0.25, 0.3) is 0 Å². The fourth-order valence-corrected chi connectivity index (χ4v) is 2.36. The number of nitrogens with one attached hydrogen (secondary N) is 1. The molecule has 0 atom stereocenters. The number of benzene rings is 2. The Hall–Kier alpha value is -1.61. The second-order valence-electron chi connectivity index (χ2n) is 4.58. The van der Waals surface area contributed by atoms with Gasteiger partial charge in [0.05, 0.1) is 6.61 Å². The fraction of sp³-hybridized carbons (Fsp3) is 0.294. The Morgan fingerprint density at radius 2 is 1.95 bits per heavy atom. The van der Waals surface area contributed by atoms with Crippen molar-refractivity contribution in [2.75, 3.05) is 18.2 Å². The van der Waals surface area contributed by atoms with Crippen LogP contribution in [0.1, 0.15) is 18.9 Å². The van der Waals surface area contributed by atoms with Crippen LogP contribution in [0.15, 0.2) is 53.4 Å². The molecule has 0 heterocycles. The van der Waals surface area contributed by atoms with Gasteiger partial charge in [0.15, 0.2) is 0 Å². The van der Waals surface area contributed by atoms with Gasteiger partial charge in [0.1, 0.15) is 5.75 Å². The van der Waals surface area contributed by atoms with Crippen LogP contribution < -0.4 is 10.1 Å². The van der Waals surface area contributed by atoms with E-state index in [2.05, 4.69) is 54.9 Å². The van der Waals surface area contributed by atoms with Crippen molar-refractivity contribution < 1.29 is 4.74 Å². The van der Waals surface area contributed by atoms with Crippen molar-refractivity contribution in [1.29, 1.82) is 0 Å². The summed E-state index contributed by atoms with van der Waals surface area (Å²) in [6.07, 6.45) is 3.12. The summed E-state index contributed by atoms with van der Waals surface area (Å²) in [5, 5.41) is 3.45. The van der Waals surface area contributed by atoms with E-state index in [1.807, 2.05) is 12.1 Å². The van der Waals surface area contributed by atoms with Crippen molar-refractivity contribution in [3.63, 3.8) is 0 Å². The van der Waals surface area contributed by atoms with Crippen LogP contribution in [-0.2, 0) is 6.54 Å². The van der Waals surface area contributed by atoms with Gasteiger partial charge in [0.2, 0.25) is 0 Å². The number of hydrogen-bond acceptors (Lipinski definition) is 3. The zero-order chi connectivity index (χ0) is 14.2. The lowest BCUT2D eigenvalue weighted by Gasteiger charge is -2.10. The first-order valence-corrected chi connectivity index (χ1v) is 8.14. The molecule has 0 saturated heterocycles. The van der Waals surface area contributed by atoms with E-state index in [4.69, 9.17) is 4.74 Å². The van der Waals surface area contributed by atoms with Gasteiger partial charge in [-0.3, -0.25) is 0 Å². The van der Waals surface area contributed by atoms with Crippen molar-refractivity contribution >= 4 is 17.4 Å². The lowest BCUT2D eigenvalue weighted by Crippen LogP contribution is -2.00. The van der Waals surface area contributed by atoms with Gasteiger partial charge in [-0.25, -0.2) is 0 Å². The molecule has 0 unspecified atom stereocenters. The Labute approximate surface area is 125 Å². The second-order valence-corrected chi connectivity index (χ2v) is 5.46. The highest BCUT2D eigenvalue weighted by molar-refractivity contribution is 7.98. The molecule has 2 aromatic carbocycles. The number of rotatable bonds is 7. The molecule has 2 aromatic rings. The zero-order valence-electron chi connectivity index (χ0n) is 12.1. The minimum atomic E-state index is 0.770. The number of ether oxygens (including phenoxy) is 1. The molecule has 3 heteroatoms. The normalized spacial score (nSPS) is 10.3. The lowest BCUT2D eigenvalue weighted by atomic mass is 10.2. The number of thioether (sulfide) groups is 1. The van der Waals surface area contributed by atoms with E-state index in [0.717, 1.165) is 31.0 Å². The maximum Gasteiger partial charge on any atom is 0.119 e. The molecule has 2 nitrogen and oxygen atoms in total. The van der Waals surface area contributed by atoms with Crippen LogP contribution in [0.5, 0.6) is 5.75 Å². The average Bonchev–Trinajstić information content (AvgIpc) is 2.51. The van der Waals surface area contributed by atoms with Crippen molar-refractivity contribution in [3.8, 4) is 5.75 Å². The molecule has 0 bridgehead atoms. The van der Waals surface area contributed by atoms with E-state index < -0.39 is 0 Å². The second kappa shape index (κ2) is 7.85. The smallest absolute Gasteiger partial charge is 0.119 e. The van der Waals surface area contributed by atoms with Crippen LogP contribution in [0.2, 0.25) is 0 Å². The molecule has 1 N–H and O–H groups in total. The van der Waals surface area contributed by atoms with Crippen LogP contribution in [0.4, 0.5) is 5.69 Å². The molecule has 0 radical (unpaired) electrons. The standard InChI is InChI=1S/C17H21NOS/c1-3-10-19-16-8-4-6-14(11-16)13-18-15-7-5-9-17(12-15)20-2/h4-9,11-12,18H,3,10,13H2,1-2H3. The maximum absolute atomic E-state index is 5.65. The molecular weight excluding hydrogens is 266 g/mol. The predicted octanol–water partition coefficient (Wildman–Crippen LogP) is 4.81. The maximum atomic E-state index is 5.65. The lowest BCUT2D eigenvalue weighted by molar-refractivity contribution is 0.317. The van der Waals surface area contributed by atoms with Crippen molar-refractivity contribution in [1.82, 2.24) is 0 Å². The van der Waals surface area contributed by atoms with Crippen molar-refractivity contribution in [3.05, 3.63) is 54.1 Å². The third-order valence-electron chi connectivity index (χ3n) is 2.94. The molecule has 0 amide bonds. The first-order chi connectivity index (χ1) is 9.81. The Kier molecular flexibility index (Phi) is 5.81. The molecule has 0 aromatic heterocycles. The van der Waals surface area contributed by atoms with Gasteiger partial charge in [-0.1, -0.05) is 25.1 Å². The highest BCUT2D eigenvalue weighted by Crippen LogP contribution is 2.20. The summed E-state index contributed by atoms with van der Waals surface area (Å²) < 4.78 is 5.65. The third kappa shape index (κ3) is 4.49. The fourth-order valence-electron chi connectivity index (χ4n) is 1.90. The van der Waals surface area contributed by atoms with Gasteiger partial charge in [-0.15, -0.1) is 11.8 Å². The minimum Gasteiger partial charge on any atom is -0.494 e. The Bertz CT molecular complexity index is 542. The summed E-state index contributed by atoms with van der Waals surface area (Å²) >= 11 is 1.76. The summed E-state index contributed by atoms with van der Waals surface area (Å²) in [7, 11) is 0. The van der Waals surface area contributed by atoms with Crippen LogP contribution >= 0.6 is 11.8 Å². The van der Waals surface area contributed by atoms with E-state index >= 15 is 0 Å². The van der Waals surface area contributed by atoms with E-state index in [-0.39, 0.29) is 0 Å². The molecule has 0 spiro atoms. The predicted molar refractivity (Wildman–Crippen MR) is 87.8 cm³/mol. The summed E-state index contributed by atoms with van der Waals surface area (Å²) in [6.45, 7) is 3.69. The molecule has 106 valence electrons. The topological polar surface area (TPSA) is 21.3 Å². The van der Waals surface area contributed by atoms with Gasteiger partial charge in [-0.2, -0.15) is 0 Å². The molecule has 0 fully saturated rings. The van der Waals surface area contributed by atoms with E-state index in [1.54, 1.807) is 11.8 Å². The van der Waals surface area contributed by atoms with E-state index in [0.29, 0.717) is 0 Å². The van der Waals surface area contributed by atoms with Gasteiger partial charge < -0.3 is 10.1 Å². The van der Waals surface area contributed by atoms with E-state index in [9.17, 15) is 0 Å². The Morgan fingerprint density at radius 3 is 2.75 bits per heavy atom. The van der Waals surface area contributed by atoms with Gasteiger partial charge in [0, 0.05) is 17.1 Å². The summed E-state index contributed by atoms with van der Waals surface area (Å²) in [5.41, 5.74) is 2.38. The molecule has 0 aliphatic rings. The monoisotopic (exact) mass is 287 g/mol. The number of hydrogen-bond donors (Lipinski definition) is 1. The van der Waals surface area contributed by atoms with Crippen LogP contribution in [-0.4, -0.2) is 12.9 Å². The number of anilines is 1. The van der Waals surface area contributed by atoms with Crippen molar-refractivity contribution in [2.24, 2.45) is 0 Å². The molecule has 2 rings (SSSR count). The molecule has 0 saturated carbocycles. The van der Waals surface area contributed by atoms with Crippen LogP contribution in [0, 0.1) is 0 Å². The third-order valence-corrected chi connectivity index (χ3v) is 3.66. The highest BCUT2D eigenvalue weighted by atomic mass is 32.2. The quantitative estimate of drug-likeness (QED) is 0.738. The Morgan fingerprint density at radius 1 is 1.10 bits per heavy atom. The van der Waals surface area contributed by atoms with Crippen molar-refractivity contribution in [2.45, 2.75) is 24.8 Å².